The summed E-state index contributed by atoms with van der Waals surface area (Å²) in [6, 6.07) is 10.3. The average molecular weight is 417 g/mol. The van der Waals surface area contributed by atoms with Gasteiger partial charge in [0.1, 0.15) is 17.2 Å². The van der Waals surface area contributed by atoms with Crippen molar-refractivity contribution in [3.63, 3.8) is 0 Å². The van der Waals surface area contributed by atoms with Crippen LogP contribution >= 0.6 is 23.1 Å². The number of carbonyl (C=O) groups is 1. The molecule has 5 nitrogen and oxygen atoms in total. The van der Waals surface area contributed by atoms with E-state index < -0.39 is 11.7 Å². The molecule has 0 saturated carbocycles. The largest absolute Gasteiger partial charge is 0.451 e. The van der Waals surface area contributed by atoms with Crippen molar-refractivity contribution in [2.24, 2.45) is 0 Å². The van der Waals surface area contributed by atoms with E-state index in [9.17, 15) is 13.6 Å². The first-order valence-electron chi connectivity index (χ1n) is 8.20. The quantitative estimate of drug-likeness (QED) is 0.347. The highest BCUT2D eigenvalue weighted by atomic mass is 32.2. The highest BCUT2D eigenvalue weighted by Crippen LogP contribution is 2.30. The van der Waals surface area contributed by atoms with Crippen LogP contribution in [0.15, 0.2) is 51.2 Å². The van der Waals surface area contributed by atoms with Crippen LogP contribution in [0.4, 0.5) is 13.9 Å². The van der Waals surface area contributed by atoms with Crippen LogP contribution in [0.25, 0.3) is 11.0 Å². The molecule has 0 saturated heterocycles. The first kappa shape index (κ1) is 18.6. The minimum Gasteiger partial charge on any atom is -0.451 e. The van der Waals surface area contributed by atoms with Crippen molar-refractivity contribution in [1.29, 1.82) is 0 Å². The zero-order chi connectivity index (χ0) is 19.7. The molecule has 2 aromatic carbocycles. The van der Waals surface area contributed by atoms with Crippen LogP contribution in [-0.2, 0) is 5.75 Å². The van der Waals surface area contributed by atoms with Crippen molar-refractivity contribution in [3.05, 3.63) is 71.0 Å². The van der Waals surface area contributed by atoms with E-state index in [-0.39, 0.29) is 11.6 Å². The number of carbonyl (C=O) groups excluding carboxylic acids is 1. The van der Waals surface area contributed by atoms with Crippen LogP contribution in [-0.4, -0.2) is 16.1 Å². The summed E-state index contributed by atoms with van der Waals surface area (Å²) < 4.78 is 32.6. The van der Waals surface area contributed by atoms with Crippen molar-refractivity contribution in [1.82, 2.24) is 10.2 Å². The number of amides is 1. The normalized spacial score (nSPS) is 11.1. The zero-order valence-electron chi connectivity index (χ0n) is 14.5. The molecule has 0 fully saturated rings. The molecule has 0 unspecified atom stereocenters. The number of aryl methyl sites for hydroxylation is 1. The van der Waals surface area contributed by atoms with Crippen LogP contribution < -0.4 is 5.32 Å². The third-order valence-corrected chi connectivity index (χ3v) is 6.05. The SMILES string of the molecule is Cc1c(C(=O)Nc2nnc(SCc3ccc(F)cc3)s2)oc2ccc(F)cc12. The van der Waals surface area contributed by atoms with Gasteiger partial charge in [0.25, 0.3) is 5.91 Å². The van der Waals surface area contributed by atoms with Gasteiger partial charge in [0, 0.05) is 16.7 Å². The molecule has 142 valence electrons. The van der Waals surface area contributed by atoms with E-state index in [0.717, 1.165) is 5.56 Å². The maximum absolute atomic E-state index is 13.4. The smallest absolute Gasteiger partial charge is 0.293 e. The summed E-state index contributed by atoms with van der Waals surface area (Å²) in [7, 11) is 0. The molecular formula is C19H13F2N3O2S2. The van der Waals surface area contributed by atoms with E-state index in [4.69, 9.17) is 4.42 Å². The van der Waals surface area contributed by atoms with E-state index in [1.54, 1.807) is 19.1 Å². The summed E-state index contributed by atoms with van der Waals surface area (Å²) in [5.41, 5.74) is 1.96. The lowest BCUT2D eigenvalue weighted by Gasteiger charge is -1.99. The molecule has 4 rings (SSSR count). The monoisotopic (exact) mass is 417 g/mol. The van der Waals surface area contributed by atoms with Crippen molar-refractivity contribution in [2.75, 3.05) is 5.32 Å². The summed E-state index contributed by atoms with van der Waals surface area (Å²) in [5, 5.41) is 11.5. The molecule has 2 heterocycles. The maximum atomic E-state index is 13.4. The van der Waals surface area contributed by atoms with Gasteiger partial charge in [-0.3, -0.25) is 10.1 Å². The highest BCUT2D eigenvalue weighted by molar-refractivity contribution is 8.00. The van der Waals surface area contributed by atoms with E-state index in [2.05, 4.69) is 15.5 Å². The van der Waals surface area contributed by atoms with Gasteiger partial charge in [-0.05, 0) is 42.8 Å². The number of furan rings is 1. The summed E-state index contributed by atoms with van der Waals surface area (Å²) in [6.07, 6.45) is 0. The number of hydrogen-bond acceptors (Lipinski definition) is 6. The van der Waals surface area contributed by atoms with Gasteiger partial charge >= 0.3 is 0 Å². The fourth-order valence-electron chi connectivity index (χ4n) is 2.61. The Balaban J connectivity index is 1.44. The number of benzene rings is 2. The first-order valence-corrected chi connectivity index (χ1v) is 10.0. The molecule has 0 radical (unpaired) electrons. The minimum atomic E-state index is -0.472. The molecule has 0 aliphatic rings. The second-order valence-electron chi connectivity index (χ2n) is 5.94. The van der Waals surface area contributed by atoms with Gasteiger partial charge in [-0.25, -0.2) is 8.78 Å². The third kappa shape index (κ3) is 3.90. The summed E-state index contributed by atoms with van der Waals surface area (Å²) in [4.78, 5) is 12.5. The van der Waals surface area contributed by atoms with Crippen LogP contribution in [0.2, 0.25) is 0 Å². The van der Waals surface area contributed by atoms with Crippen LogP contribution in [0.1, 0.15) is 21.7 Å². The van der Waals surface area contributed by atoms with Gasteiger partial charge in [0.05, 0.1) is 0 Å². The van der Waals surface area contributed by atoms with E-state index in [0.29, 0.717) is 31.8 Å². The molecule has 9 heteroatoms. The summed E-state index contributed by atoms with van der Waals surface area (Å²) in [6.45, 7) is 1.70. The molecule has 0 atom stereocenters. The number of thioether (sulfide) groups is 1. The predicted octanol–water partition coefficient (Wildman–Crippen LogP) is 5.42. The van der Waals surface area contributed by atoms with Gasteiger partial charge < -0.3 is 4.42 Å². The minimum absolute atomic E-state index is 0.108. The molecule has 2 aromatic heterocycles. The molecule has 1 N–H and O–H groups in total. The number of fused-ring (bicyclic) bond motifs is 1. The standard InChI is InChI=1S/C19H13F2N3O2S2/c1-10-14-8-13(21)6-7-15(14)26-16(10)17(25)22-18-23-24-19(28-18)27-9-11-2-4-12(20)5-3-11/h2-8H,9H2,1H3,(H,22,23,25). The number of nitrogens with zero attached hydrogens (tertiary/aromatic N) is 2. The van der Waals surface area contributed by atoms with E-state index >= 15 is 0 Å². The highest BCUT2D eigenvalue weighted by Gasteiger charge is 2.19. The molecule has 1 amide bonds. The van der Waals surface area contributed by atoms with Gasteiger partial charge in [0.2, 0.25) is 5.13 Å². The van der Waals surface area contributed by atoms with Crippen LogP contribution in [0.5, 0.6) is 0 Å². The van der Waals surface area contributed by atoms with Crippen molar-refractivity contribution >= 4 is 45.1 Å². The summed E-state index contributed by atoms with van der Waals surface area (Å²) >= 11 is 2.66. The van der Waals surface area contributed by atoms with Crippen molar-refractivity contribution in [3.8, 4) is 0 Å². The lowest BCUT2D eigenvalue weighted by Crippen LogP contribution is -2.11. The molecule has 4 aromatic rings. The van der Waals surface area contributed by atoms with Crippen molar-refractivity contribution in [2.45, 2.75) is 17.0 Å². The Kier molecular flexibility index (Phi) is 5.10. The topological polar surface area (TPSA) is 68.0 Å². The average Bonchev–Trinajstić information content (AvgIpc) is 3.26. The Bertz CT molecular complexity index is 1160. The third-order valence-electron chi connectivity index (χ3n) is 4.01. The summed E-state index contributed by atoms with van der Waals surface area (Å²) in [5.74, 6) is -0.429. The predicted molar refractivity (Wildman–Crippen MR) is 105 cm³/mol. The molecule has 0 bridgehead atoms. The Morgan fingerprint density at radius 1 is 1.14 bits per heavy atom. The Hall–Kier alpha value is -2.78. The molecular weight excluding hydrogens is 404 g/mol. The lowest BCUT2D eigenvalue weighted by atomic mass is 10.1. The van der Waals surface area contributed by atoms with Crippen LogP contribution in [0.3, 0.4) is 0 Å². The lowest BCUT2D eigenvalue weighted by molar-refractivity contribution is 0.0998. The second kappa shape index (κ2) is 7.69. The number of anilines is 1. The van der Waals surface area contributed by atoms with Gasteiger partial charge in [-0.2, -0.15) is 0 Å². The van der Waals surface area contributed by atoms with Crippen molar-refractivity contribution < 1.29 is 18.0 Å². The van der Waals surface area contributed by atoms with E-state index in [1.807, 2.05) is 0 Å². The first-order chi connectivity index (χ1) is 13.5. The van der Waals surface area contributed by atoms with Crippen LogP contribution in [0, 0.1) is 18.6 Å². The number of hydrogen-bond donors (Lipinski definition) is 1. The fourth-order valence-corrected chi connectivity index (χ4v) is 4.31. The maximum Gasteiger partial charge on any atom is 0.293 e. The molecule has 0 aliphatic heterocycles. The Labute approximate surface area is 166 Å². The van der Waals surface area contributed by atoms with Gasteiger partial charge in [0.15, 0.2) is 10.1 Å². The Morgan fingerprint density at radius 3 is 2.68 bits per heavy atom. The number of rotatable bonds is 5. The van der Waals surface area contributed by atoms with E-state index in [1.165, 1.54) is 53.4 Å². The number of aromatic nitrogens is 2. The van der Waals surface area contributed by atoms with Gasteiger partial charge in [-0.1, -0.05) is 35.2 Å². The second-order valence-corrected chi connectivity index (χ2v) is 8.14. The fraction of sp³-hybridized carbons (Fsp3) is 0.105. The molecule has 28 heavy (non-hydrogen) atoms. The molecule has 0 spiro atoms. The molecule has 0 aliphatic carbocycles. The van der Waals surface area contributed by atoms with Gasteiger partial charge in [-0.15, -0.1) is 10.2 Å². The number of nitrogens with one attached hydrogen (secondary N) is 1. The number of halogens is 2. The zero-order valence-corrected chi connectivity index (χ0v) is 16.2. The Morgan fingerprint density at radius 2 is 1.89 bits per heavy atom.